The minimum Gasteiger partial charge on any atom is -0.478 e. The van der Waals surface area contributed by atoms with Gasteiger partial charge >= 0.3 is 5.97 Å². The van der Waals surface area contributed by atoms with Crippen molar-refractivity contribution in [1.29, 1.82) is 0 Å². The molecule has 27 heavy (non-hydrogen) atoms. The number of H-pyrrole nitrogens is 1. The molecule has 3 N–H and O–H groups in total. The van der Waals surface area contributed by atoms with Crippen LogP contribution in [-0.4, -0.2) is 32.2 Å². The molecule has 0 radical (unpaired) electrons. The van der Waals surface area contributed by atoms with Crippen LogP contribution in [0.5, 0.6) is 0 Å². The summed E-state index contributed by atoms with van der Waals surface area (Å²) in [6, 6.07) is 5.68. The van der Waals surface area contributed by atoms with E-state index in [0.29, 0.717) is 4.83 Å². The molecule has 0 bridgehead atoms. The zero-order chi connectivity index (χ0) is 19.7. The van der Waals surface area contributed by atoms with Gasteiger partial charge in [-0.25, -0.2) is 9.78 Å². The largest absolute Gasteiger partial charge is 0.478 e. The van der Waals surface area contributed by atoms with Crippen molar-refractivity contribution < 1.29 is 14.7 Å². The summed E-state index contributed by atoms with van der Waals surface area (Å²) < 4.78 is 0. The maximum absolute atomic E-state index is 12.5. The molecule has 9 heteroatoms. The van der Waals surface area contributed by atoms with Crippen LogP contribution >= 0.6 is 23.1 Å². The summed E-state index contributed by atoms with van der Waals surface area (Å²) in [6.07, 6.45) is 0. The smallest absolute Gasteiger partial charge is 0.337 e. The van der Waals surface area contributed by atoms with E-state index in [1.54, 1.807) is 6.92 Å². The highest BCUT2D eigenvalue weighted by molar-refractivity contribution is 8.00. The third-order valence-electron chi connectivity index (χ3n) is 4.17. The van der Waals surface area contributed by atoms with Crippen LogP contribution < -0.4 is 10.9 Å². The molecule has 2 aromatic heterocycles. The fourth-order valence-electron chi connectivity index (χ4n) is 2.48. The summed E-state index contributed by atoms with van der Waals surface area (Å²) in [5.74, 6) is -1.39. The maximum atomic E-state index is 12.5. The molecule has 2 heterocycles. The summed E-state index contributed by atoms with van der Waals surface area (Å²) in [5.41, 5.74) is 2.23. The van der Waals surface area contributed by atoms with Crippen LogP contribution in [0.3, 0.4) is 0 Å². The zero-order valence-electron chi connectivity index (χ0n) is 14.8. The number of aryl methyl sites for hydroxylation is 1. The average Bonchev–Trinajstić information content (AvgIpc) is 3.03. The van der Waals surface area contributed by atoms with Crippen LogP contribution in [0, 0.1) is 13.8 Å². The number of benzene rings is 1. The topological polar surface area (TPSA) is 112 Å². The van der Waals surface area contributed by atoms with Crippen molar-refractivity contribution in [2.45, 2.75) is 31.2 Å². The number of carbonyl (C=O) groups is 2. The van der Waals surface area contributed by atoms with Crippen molar-refractivity contribution in [3.05, 3.63) is 50.6 Å². The van der Waals surface area contributed by atoms with Gasteiger partial charge < -0.3 is 15.4 Å². The Balaban J connectivity index is 1.80. The van der Waals surface area contributed by atoms with Crippen LogP contribution in [-0.2, 0) is 4.79 Å². The summed E-state index contributed by atoms with van der Waals surface area (Å²) in [7, 11) is 0. The summed E-state index contributed by atoms with van der Waals surface area (Å²) >= 11 is 2.19. The number of thiophene rings is 1. The number of rotatable bonds is 5. The van der Waals surface area contributed by atoms with Gasteiger partial charge in [-0.05, 0) is 38.0 Å². The second-order valence-electron chi connectivity index (χ2n) is 6.00. The van der Waals surface area contributed by atoms with Crippen LogP contribution in [0.1, 0.15) is 28.4 Å². The normalized spacial score (nSPS) is 12.1. The lowest BCUT2D eigenvalue weighted by molar-refractivity contribution is -0.115. The lowest BCUT2D eigenvalue weighted by Crippen LogP contribution is -2.23. The first-order valence-electron chi connectivity index (χ1n) is 8.06. The van der Waals surface area contributed by atoms with Crippen LogP contribution in [0.25, 0.3) is 10.2 Å². The first kappa shape index (κ1) is 19.1. The van der Waals surface area contributed by atoms with Gasteiger partial charge in [0.1, 0.15) is 4.83 Å². The molecule has 1 amide bonds. The Bertz CT molecular complexity index is 1100. The van der Waals surface area contributed by atoms with Crippen molar-refractivity contribution in [1.82, 2.24) is 9.97 Å². The van der Waals surface area contributed by atoms with E-state index in [2.05, 4.69) is 15.3 Å². The third-order valence-corrected chi connectivity index (χ3v) is 6.03. The van der Waals surface area contributed by atoms with Crippen molar-refractivity contribution in [2.75, 3.05) is 5.32 Å². The number of nitrogens with zero attached hydrogens (tertiary/aromatic N) is 1. The predicted molar refractivity (Wildman–Crippen MR) is 107 cm³/mol. The monoisotopic (exact) mass is 403 g/mol. The molecule has 0 saturated carbocycles. The molecule has 3 rings (SSSR count). The Morgan fingerprint density at radius 3 is 2.78 bits per heavy atom. The van der Waals surface area contributed by atoms with Gasteiger partial charge in [-0.1, -0.05) is 23.9 Å². The lowest BCUT2D eigenvalue weighted by Gasteiger charge is -2.14. The number of thioether (sulfide) groups is 1. The molecule has 0 aliphatic heterocycles. The fraction of sp³-hybridized carbons (Fsp3) is 0.222. The average molecular weight is 403 g/mol. The molecule has 0 aliphatic rings. The van der Waals surface area contributed by atoms with Crippen molar-refractivity contribution in [3.8, 4) is 0 Å². The standard InChI is InChI=1S/C18H17N3O4S2/c1-8-5-4-6-12(9(8)2)19-14(22)10(3)27-18-20-15(23)13-11(17(24)25)7-26-16(13)21-18/h4-7,10H,1-3H3,(H,19,22)(H,24,25)(H,20,21,23). The van der Waals surface area contributed by atoms with Gasteiger partial charge in [-0.3, -0.25) is 9.59 Å². The molecule has 140 valence electrons. The Kier molecular flexibility index (Phi) is 5.33. The van der Waals surface area contributed by atoms with E-state index in [4.69, 9.17) is 5.11 Å². The van der Waals surface area contributed by atoms with Gasteiger partial charge in [0.15, 0.2) is 5.16 Å². The Morgan fingerprint density at radius 2 is 2.07 bits per heavy atom. The fourth-order valence-corrected chi connectivity index (χ4v) is 4.25. The van der Waals surface area contributed by atoms with Gasteiger partial charge in [-0.2, -0.15) is 0 Å². The number of fused-ring (bicyclic) bond motifs is 1. The number of anilines is 1. The number of nitrogens with one attached hydrogen (secondary N) is 2. The molecule has 7 nitrogen and oxygen atoms in total. The Hall–Kier alpha value is -2.65. The van der Waals surface area contributed by atoms with E-state index in [-0.39, 0.29) is 22.0 Å². The highest BCUT2D eigenvalue weighted by Crippen LogP contribution is 2.26. The highest BCUT2D eigenvalue weighted by atomic mass is 32.2. The number of aromatic amines is 1. The van der Waals surface area contributed by atoms with E-state index in [1.165, 1.54) is 5.38 Å². The number of hydrogen-bond donors (Lipinski definition) is 3. The van der Waals surface area contributed by atoms with Crippen molar-refractivity contribution in [2.24, 2.45) is 0 Å². The van der Waals surface area contributed by atoms with Crippen LogP contribution in [0.4, 0.5) is 5.69 Å². The van der Waals surface area contributed by atoms with Gasteiger partial charge in [0.2, 0.25) is 5.91 Å². The molecular weight excluding hydrogens is 386 g/mol. The predicted octanol–water partition coefficient (Wildman–Crippen LogP) is 3.42. The number of carbonyl (C=O) groups excluding carboxylic acids is 1. The second-order valence-corrected chi connectivity index (χ2v) is 8.19. The molecule has 0 saturated heterocycles. The van der Waals surface area contributed by atoms with E-state index < -0.39 is 16.8 Å². The number of carboxylic acids is 1. The molecule has 0 fully saturated rings. The Labute approximate surface area is 162 Å². The van der Waals surface area contributed by atoms with E-state index in [0.717, 1.165) is 39.9 Å². The molecule has 1 aromatic carbocycles. The van der Waals surface area contributed by atoms with Crippen LogP contribution in [0.15, 0.2) is 33.5 Å². The van der Waals surface area contributed by atoms with Gasteiger partial charge in [0.25, 0.3) is 5.56 Å². The van der Waals surface area contributed by atoms with Gasteiger partial charge in [-0.15, -0.1) is 11.3 Å². The number of aromatic carboxylic acids is 1. The lowest BCUT2D eigenvalue weighted by atomic mass is 10.1. The van der Waals surface area contributed by atoms with E-state index >= 15 is 0 Å². The second kappa shape index (κ2) is 7.53. The van der Waals surface area contributed by atoms with Crippen LogP contribution in [0.2, 0.25) is 0 Å². The van der Waals surface area contributed by atoms with Gasteiger partial charge in [0, 0.05) is 11.1 Å². The molecular formula is C18H17N3O4S2. The molecule has 1 unspecified atom stereocenters. The zero-order valence-corrected chi connectivity index (χ0v) is 16.5. The summed E-state index contributed by atoms with van der Waals surface area (Å²) in [6.45, 7) is 5.62. The van der Waals surface area contributed by atoms with E-state index in [9.17, 15) is 14.4 Å². The first-order chi connectivity index (χ1) is 12.8. The van der Waals surface area contributed by atoms with Gasteiger partial charge in [0.05, 0.1) is 16.2 Å². The summed E-state index contributed by atoms with van der Waals surface area (Å²) in [4.78, 5) is 43.1. The highest BCUT2D eigenvalue weighted by Gasteiger charge is 2.20. The quantitative estimate of drug-likeness (QED) is 0.444. The third kappa shape index (κ3) is 3.88. The van der Waals surface area contributed by atoms with Crippen molar-refractivity contribution >= 4 is 50.9 Å². The van der Waals surface area contributed by atoms with Crippen molar-refractivity contribution in [3.63, 3.8) is 0 Å². The molecule has 3 aromatic rings. The molecule has 1 atom stereocenters. The Morgan fingerprint density at radius 1 is 1.33 bits per heavy atom. The number of hydrogen-bond acceptors (Lipinski definition) is 6. The maximum Gasteiger partial charge on any atom is 0.337 e. The molecule has 0 spiro atoms. The number of aromatic nitrogens is 2. The minimum absolute atomic E-state index is 0.0596. The van der Waals surface area contributed by atoms with E-state index in [1.807, 2.05) is 32.0 Å². The SMILES string of the molecule is Cc1cccc(NC(=O)C(C)Sc2nc3scc(C(=O)O)c3c(=O)[nH]2)c1C. The molecule has 0 aliphatic carbocycles. The number of amides is 1. The first-order valence-corrected chi connectivity index (χ1v) is 9.82. The minimum atomic E-state index is -1.17. The number of carboxylic acid groups (broad SMARTS) is 1. The summed E-state index contributed by atoms with van der Waals surface area (Å²) in [5, 5.41) is 13.2.